The smallest absolute Gasteiger partial charge is 0.172 e. The van der Waals surface area contributed by atoms with Gasteiger partial charge in [-0.2, -0.15) is 0 Å². The molecule has 1 N–H and O–H groups in total. The van der Waals surface area contributed by atoms with Crippen LogP contribution in [0.4, 0.5) is 5.69 Å². The Hall–Kier alpha value is -2.69. The van der Waals surface area contributed by atoms with Crippen molar-refractivity contribution in [3.63, 3.8) is 0 Å². The maximum atomic E-state index is 12.6. The molecule has 24 heavy (non-hydrogen) atoms. The molecule has 0 saturated heterocycles. The number of H-pyrrole nitrogens is 1. The summed E-state index contributed by atoms with van der Waals surface area (Å²) >= 11 is 0. The number of Topliss-reactive ketones (excluding diaryl/α,β-unsaturated/α-hetero) is 2. The number of aromatic nitrogens is 2. The average Bonchev–Trinajstić information content (AvgIpc) is 3.22. The molecule has 0 unspecified atom stereocenters. The quantitative estimate of drug-likeness (QED) is 0.700. The molecule has 5 rings (SSSR count). The SMILES string of the molecule is CN(C)c1ccnc2[nH]c3c4c(c5c(c3c12)C(=O)CC5=O)CCC4. The first-order chi connectivity index (χ1) is 11.6. The minimum Gasteiger partial charge on any atom is -0.377 e. The van der Waals surface area contributed by atoms with Crippen molar-refractivity contribution < 1.29 is 9.59 Å². The van der Waals surface area contributed by atoms with E-state index >= 15 is 0 Å². The number of anilines is 1. The van der Waals surface area contributed by atoms with Crippen LogP contribution in [0.15, 0.2) is 12.3 Å². The lowest BCUT2D eigenvalue weighted by Crippen LogP contribution is -2.09. The molecule has 0 fully saturated rings. The number of hydrogen-bond donors (Lipinski definition) is 1. The van der Waals surface area contributed by atoms with E-state index in [-0.39, 0.29) is 18.0 Å². The first kappa shape index (κ1) is 13.7. The number of aromatic amines is 1. The average molecular weight is 319 g/mol. The number of ketones is 2. The number of carbonyl (C=O) groups is 2. The van der Waals surface area contributed by atoms with Crippen molar-refractivity contribution in [2.75, 3.05) is 19.0 Å². The third-order valence-corrected chi connectivity index (χ3v) is 5.35. The van der Waals surface area contributed by atoms with Gasteiger partial charge in [0.25, 0.3) is 0 Å². The lowest BCUT2D eigenvalue weighted by molar-refractivity contribution is 0.0923. The van der Waals surface area contributed by atoms with Gasteiger partial charge in [0, 0.05) is 42.5 Å². The zero-order valence-electron chi connectivity index (χ0n) is 13.7. The molecule has 2 aromatic heterocycles. The summed E-state index contributed by atoms with van der Waals surface area (Å²) in [5.41, 5.74) is 6.40. The summed E-state index contributed by atoms with van der Waals surface area (Å²) < 4.78 is 0. The van der Waals surface area contributed by atoms with Gasteiger partial charge < -0.3 is 9.88 Å². The lowest BCUT2D eigenvalue weighted by atomic mass is 9.93. The van der Waals surface area contributed by atoms with E-state index < -0.39 is 0 Å². The van der Waals surface area contributed by atoms with E-state index in [2.05, 4.69) is 9.97 Å². The fraction of sp³-hybridized carbons (Fsp3) is 0.316. The summed E-state index contributed by atoms with van der Waals surface area (Å²) in [5, 5.41) is 1.85. The highest BCUT2D eigenvalue weighted by Crippen LogP contribution is 2.44. The van der Waals surface area contributed by atoms with E-state index in [0.717, 1.165) is 52.4 Å². The molecule has 2 aliphatic rings. The Morgan fingerprint density at radius 1 is 1.04 bits per heavy atom. The van der Waals surface area contributed by atoms with Gasteiger partial charge in [0.1, 0.15) is 5.65 Å². The van der Waals surface area contributed by atoms with Gasteiger partial charge in [0.05, 0.1) is 17.3 Å². The molecule has 5 heteroatoms. The predicted molar refractivity (Wildman–Crippen MR) is 93.2 cm³/mol. The molecule has 5 nitrogen and oxygen atoms in total. The topological polar surface area (TPSA) is 66.1 Å². The first-order valence-electron chi connectivity index (χ1n) is 8.29. The van der Waals surface area contributed by atoms with Crippen LogP contribution in [0.25, 0.3) is 21.9 Å². The molecule has 0 atom stereocenters. The number of nitrogens with zero attached hydrogens (tertiary/aromatic N) is 2. The highest BCUT2D eigenvalue weighted by Gasteiger charge is 2.37. The molecular formula is C19H17N3O2. The Morgan fingerprint density at radius 3 is 2.58 bits per heavy atom. The Kier molecular flexibility index (Phi) is 2.54. The van der Waals surface area contributed by atoms with E-state index in [0.29, 0.717) is 11.1 Å². The van der Waals surface area contributed by atoms with Crippen LogP contribution in [-0.2, 0) is 12.8 Å². The summed E-state index contributed by atoms with van der Waals surface area (Å²) in [6.45, 7) is 0. The molecule has 2 aliphatic carbocycles. The minimum absolute atomic E-state index is 0.00508. The van der Waals surface area contributed by atoms with Gasteiger partial charge >= 0.3 is 0 Å². The van der Waals surface area contributed by atoms with Gasteiger partial charge in [-0.15, -0.1) is 0 Å². The number of pyridine rings is 1. The second-order valence-corrected chi connectivity index (χ2v) is 6.91. The molecule has 0 spiro atoms. The van der Waals surface area contributed by atoms with Crippen LogP contribution < -0.4 is 4.90 Å². The molecule has 3 aromatic rings. The van der Waals surface area contributed by atoms with Gasteiger partial charge in [0.2, 0.25) is 0 Å². The molecule has 0 radical (unpaired) electrons. The Labute approximate surface area is 138 Å². The number of hydrogen-bond acceptors (Lipinski definition) is 4. The second-order valence-electron chi connectivity index (χ2n) is 6.91. The first-order valence-corrected chi connectivity index (χ1v) is 8.29. The molecule has 0 saturated carbocycles. The zero-order valence-corrected chi connectivity index (χ0v) is 13.7. The standard InChI is InChI=1S/C19H17N3O2/c1-22(2)11-6-7-20-19-15(11)17-16-13(24)8-12(23)14(16)9-4-3-5-10(9)18(17)21-19/h6-7H,3-5,8H2,1-2H3,(H,20,21). The van der Waals surface area contributed by atoms with Crippen LogP contribution >= 0.6 is 0 Å². The summed E-state index contributed by atoms with van der Waals surface area (Å²) in [6.07, 6.45) is 4.65. The van der Waals surface area contributed by atoms with Gasteiger partial charge in [0.15, 0.2) is 11.6 Å². The normalized spacial score (nSPS) is 16.2. The van der Waals surface area contributed by atoms with Crippen LogP contribution in [0.3, 0.4) is 0 Å². The fourth-order valence-corrected chi connectivity index (χ4v) is 4.43. The number of nitrogens with one attached hydrogen (secondary N) is 1. The van der Waals surface area contributed by atoms with Crippen LogP contribution in [0, 0.1) is 0 Å². The van der Waals surface area contributed by atoms with Crippen molar-refractivity contribution >= 4 is 39.2 Å². The number of carbonyl (C=O) groups excluding carboxylic acids is 2. The number of aryl methyl sites for hydroxylation is 1. The van der Waals surface area contributed by atoms with E-state index in [4.69, 9.17) is 0 Å². The minimum atomic E-state index is -0.0517. The Balaban J connectivity index is 2.08. The van der Waals surface area contributed by atoms with Crippen LogP contribution in [-0.4, -0.2) is 35.6 Å². The second kappa shape index (κ2) is 4.44. The fourth-order valence-electron chi connectivity index (χ4n) is 4.43. The maximum absolute atomic E-state index is 12.6. The Morgan fingerprint density at radius 2 is 1.79 bits per heavy atom. The molecule has 0 bridgehead atoms. The van der Waals surface area contributed by atoms with Crippen LogP contribution in [0.2, 0.25) is 0 Å². The van der Waals surface area contributed by atoms with E-state index in [9.17, 15) is 9.59 Å². The van der Waals surface area contributed by atoms with Gasteiger partial charge in [-0.25, -0.2) is 4.98 Å². The van der Waals surface area contributed by atoms with E-state index in [1.807, 2.05) is 25.1 Å². The van der Waals surface area contributed by atoms with Crippen molar-refractivity contribution in [1.29, 1.82) is 0 Å². The van der Waals surface area contributed by atoms with Crippen molar-refractivity contribution in [2.45, 2.75) is 25.7 Å². The third kappa shape index (κ3) is 1.52. The van der Waals surface area contributed by atoms with E-state index in [1.165, 1.54) is 5.56 Å². The van der Waals surface area contributed by atoms with Gasteiger partial charge in [-0.05, 0) is 36.5 Å². The summed E-state index contributed by atoms with van der Waals surface area (Å²) in [5.74, 6) is -0.0659. The van der Waals surface area contributed by atoms with Crippen molar-refractivity contribution in [3.05, 3.63) is 34.5 Å². The van der Waals surface area contributed by atoms with Crippen molar-refractivity contribution in [3.8, 4) is 0 Å². The van der Waals surface area contributed by atoms with Gasteiger partial charge in [-0.3, -0.25) is 9.59 Å². The summed E-state index contributed by atoms with van der Waals surface area (Å²) in [7, 11) is 3.96. The maximum Gasteiger partial charge on any atom is 0.172 e. The molecule has 0 aliphatic heterocycles. The summed E-state index contributed by atoms with van der Waals surface area (Å²) in [6, 6.07) is 1.95. The zero-order chi connectivity index (χ0) is 16.6. The number of fused-ring (bicyclic) bond motifs is 8. The predicted octanol–water partition coefficient (Wildman–Crippen LogP) is 3.04. The Bertz CT molecular complexity index is 1080. The van der Waals surface area contributed by atoms with E-state index in [1.54, 1.807) is 6.20 Å². The summed E-state index contributed by atoms with van der Waals surface area (Å²) in [4.78, 5) is 35.1. The number of rotatable bonds is 1. The highest BCUT2D eigenvalue weighted by atomic mass is 16.2. The molecule has 2 heterocycles. The van der Waals surface area contributed by atoms with Crippen LogP contribution in [0.1, 0.15) is 44.7 Å². The molecule has 120 valence electrons. The highest BCUT2D eigenvalue weighted by molar-refractivity contribution is 6.33. The molecular weight excluding hydrogens is 302 g/mol. The lowest BCUT2D eigenvalue weighted by Gasteiger charge is -2.14. The van der Waals surface area contributed by atoms with Gasteiger partial charge in [-0.1, -0.05) is 0 Å². The third-order valence-electron chi connectivity index (χ3n) is 5.35. The van der Waals surface area contributed by atoms with Crippen molar-refractivity contribution in [2.24, 2.45) is 0 Å². The van der Waals surface area contributed by atoms with Crippen LogP contribution in [0.5, 0.6) is 0 Å². The van der Waals surface area contributed by atoms with Crippen molar-refractivity contribution in [1.82, 2.24) is 9.97 Å². The number of benzene rings is 1. The largest absolute Gasteiger partial charge is 0.377 e. The molecule has 0 amide bonds. The molecule has 1 aromatic carbocycles. The monoisotopic (exact) mass is 319 g/mol.